The van der Waals surface area contributed by atoms with Crippen LogP contribution in [-0.2, 0) is 16.0 Å². The van der Waals surface area contributed by atoms with Crippen LogP contribution in [0.25, 0.3) is 0 Å². The molecule has 0 bridgehead atoms. The molecule has 2 amide bonds. The summed E-state index contributed by atoms with van der Waals surface area (Å²) in [6.45, 7) is 1.90. The number of carbonyl (C=O) groups is 2. The maximum absolute atomic E-state index is 12.5. The fourth-order valence-electron chi connectivity index (χ4n) is 3.49. The molecule has 1 unspecified atom stereocenters. The zero-order valence-corrected chi connectivity index (χ0v) is 16.7. The van der Waals surface area contributed by atoms with Gasteiger partial charge < -0.3 is 25.4 Å². The Labute approximate surface area is 175 Å². The first kappa shape index (κ1) is 20.8. The standard InChI is InChI=1S/C21H23N3O4.ClH/c22-16-3-1-14(2-4-16)7-8-23-21(26)15-11-20(25)24(13-15)17-5-6-18-19(12-17)28-10-9-27-18;/h1-6,12,15H,7-11,13,22H2,(H,23,26);1H. The molecule has 7 nitrogen and oxygen atoms in total. The molecule has 2 aliphatic rings. The summed E-state index contributed by atoms with van der Waals surface area (Å²) in [5, 5.41) is 2.94. The Bertz CT molecular complexity index is 888. The average molecular weight is 418 g/mol. The molecule has 1 saturated heterocycles. The van der Waals surface area contributed by atoms with Crippen LogP contribution < -0.4 is 25.4 Å². The first-order valence-corrected chi connectivity index (χ1v) is 9.42. The fraction of sp³-hybridized carbons (Fsp3) is 0.333. The Morgan fingerprint density at radius 2 is 1.83 bits per heavy atom. The maximum Gasteiger partial charge on any atom is 0.227 e. The molecule has 2 aromatic carbocycles. The van der Waals surface area contributed by atoms with Crippen molar-refractivity contribution in [3.05, 3.63) is 48.0 Å². The molecule has 1 fully saturated rings. The second kappa shape index (κ2) is 9.05. The van der Waals surface area contributed by atoms with Crippen LogP contribution in [0.5, 0.6) is 11.5 Å². The van der Waals surface area contributed by atoms with Gasteiger partial charge in [0.25, 0.3) is 0 Å². The highest BCUT2D eigenvalue weighted by molar-refractivity contribution is 6.00. The summed E-state index contributed by atoms with van der Waals surface area (Å²) >= 11 is 0. The number of anilines is 2. The molecular weight excluding hydrogens is 394 g/mol. The molecule has 4 rings (SSSR count). The Morgan fingerprint density at radius 3 is 2.59 bits per heavy atom. The molecule has 0 radical (unpaired) electrons. The van der Waals surface area contributed by atoms with Crippen LogP contribution in [-0.4, -0.2) is 38.1 Å². The minimum absolute atomic E-state index is 0. The van der Waals surface area contributed by atoms with Crippen molar-refractivity contribution in [2.45, 2.75) is 12.8 Å². The minimum Gasteiger partial charge on any atom is -0.486 e. The maximum atomic E-state index is 12.5. The Kier molecular flexibility index (Phi) is 6.49. The van der Waals surface area contributed by atoms with E-state index >= 15 is 0 Å². The first-order valence-electron chi connectivity index (χ1n) is 9.42. The van der Waals surface area contributed by atoms with E-state index in [0.717, 1.165) is 23.4 Å². The lowest BCUT2D eigenvalue weighted by atomic mass is 10.1. The number of ether oxygens (including phenoxy) is 2. The van der Waals surface area contributed by atoms with E-state index in [-0.39, 0.29) is 36.6 Å². The van der Waals surface area contributed by atoms with E-state index in [9.17, 15) is 9.59 Å². The van der Waals surface area contributed by atoms with Crippen molar-refractivity contribution in [1.29, 1.82) is 0 Å². The van der Waals surface area contributed by atoms with Crippen LogP contribution in [0.4, 0.5) is 11.4 Å². The van der Waals surface area contributed by atoms with E-state index in [1.165, 1.54) is 0 Å². The molecule has 0 spiro atoms. The highest BCUT2D eigenvalue weighted by Crippen LogP contribution is 2.35. The molecule has 2 aliphatic heterocycles. The largest absolute Gasteiger partial charge is 0.486 e. The van der Waals surface area contributed by atoms with Gasteiger partial charge in [-0.25, -0.2) is 0 Å². The highest BCUT2D eigenvalue weighted by atomic mass is 35.5. The van der Waals surface area contributed by atoms with Crippen molar-refractivity contribution < 1.29 is 19.1 Å². The molecular formula is C21H24ClN3O4. The Morgan fingerprint density at radius 1 is 1.10 bits per heavy atom. The number of hydrogen-bond acceptors (Lipinski definition) is 5. The number of nitrogens with zero attached hydrogens (tertiary/aromatic N) is 1. The lowest BCUT2D eigenvalue weighted by molar-refractivity contribution is -0.126. The van der Waals surface area contributed by atoms with Gasteiger partial charge in [-0.1, -0.05) is 12.1 Å². The van der Waals surface area contributed by atoms with Crippen molar-refractivity contribution in [1.82, 2.24) is 5.32 Å². The van der Waals surface area contributed by atoms with Crippen LogP contribution in [0.1, 0.15) is 12.0 Å². The fourth-order valence-corrected chi connectivity index (χ4v) is 3.49. The molecule has 29 heavy (non-hydrogen) atoms. The van der Waals surface area contributed by atoms with Gasteiger partial charge in [-0.15, -0.1) is 12.4 Å². The quantitative estimate of drug-likeness (QED) is 0.727. The van der Waals surface area contributed by atoms with E-state index in [0.29, 0.717) is 37.8 Å². The van der Waals surface area contributed by atoms with Crippen molar-refractivity contribution in [3.63, 3.8) is 0 Å². The van der Waals surface area contributed by atoms with Crippen molar-refractivity contribution in [3.8, 4) is 11.5 Å². The van der Waals surface area contributed by atoms with Gasteiger partial charge in [0.05, 0.1) is 5.92 Å². The van der Waals surface area contributed by atoms with E-state index in [1.807, 2.05) is 30.3 Å². The number of rotatable bonds is 5. The molecule has 2 aromatic rings. The van der Waals surface area contributed by atoms with Gasteiger partial charge in [-0.05, 0) is 36.2 Å². The average Bonchev–Trinajstić information content (AvgIpc) is 3.11. The molecule has 3 N–H and O–H groups in total. The SMILES string of the molecule is Cl.Nc1ccc(CCNC(=O)C2CC(=O)N(c3ccc4c(c3)OCCO4)C2)cc1. The zero-order valence-electron chi connectivity index (χ0n) is 15.9. The summed E-state index contributed by atoms with van der Waals surface area (Å²) in [5.74, 6) is 0.804. The van der Waals surface area contributed by atoms with Gasteiger partial charge in [0, 0.05) is 37.0 Å². The monoisotopic (exact) mass is 417 g/mol. The predicted octanol–water partition coefficient (Wildman–Crippen LogP) is 2.17. The predicted molar refractivity (Wildman–Crippen MR) is 113 cm³/mol. The van der Waals surface area contributed by atoms with E-state index < -0.39 is 0 Å². The Hall–Kier alpha value is -2.93. The number of nitrogen functional groups attached to an aromatic ring is 1. The summed E-state index contributed by atoms with van der Waals surface area (Å²) in [5.41, 5.74) is 8.23. The second-order valence-corrected chi connectivity index (χ2v) is 7.02. The van der Waals surface area contributed by atoms with Crippen LogP contribution in [0.3, 0.4) is 0 Å². The molecule has 8 heteroatoms. The number of amides is 2. The van der Waals surface area contributed by atoms with E-state index in [1.54, 1.807) is 17.0 Å². The number of hydrogen-bond donors (Lipinski definition) is 2. The van der Waals surface area contributed by atoms with Gasteiger partial charge in [-0.3, -0.25) is 9.59 Å². The summed E-state index contributed by atoms with van der Waals surface area (Å²) in [4.78, 5) is 26.6. The van der Waals surface area contributed by atoms with Gasteiger partial charge in [0.2, 0.25) is 11.8 Å². The number of halogens is 1. The summed E-state index contributed by atoms with van der Waals surface area (Å²) < 4.78 is 11.1. The number of nitrogens with one attached hydrogen (secondary N) is 1. The third-order valence-electron chi connectivity index (χ3n) is 5.03. The third-order valence-corrected chi connectivity index (χ3v) is 5.03. The Balaban J connectivity index is 0.00000240. The number of fused-ring (bicyclic) bond motifs is 1. The second-order valence-electron chi connectivity index (χ2n) is 7.02. The number of carbonyl (C=O) groups excluding carboxylic acids is 2. The van der Waals surface area contributed by atoms with E-state index in [4.69, 9.17) is 15.2 Å². The molecule has 0 aromatic heterocycles. The van der Waals surface area contributed by atoms with Gasteiger partial charge in [-0.2, -0.15) is 0 Å². The first-order chi connectivity index (χ1) is 13.6. The van der Waals surface area contributed by atoms with Crippen LogP contribution in [0.15, 0.2) is 42.5 Å². The van der Waals surface area contributed by atoms with Crippen molar-refractivity contribution in [2.24, 2.45) is 5.92 Å². The van der Waals surface area contributed by atoms with Crippen LogP contribution >= 0.6 is 12.4 Å². The summed E-state index contributed by atoms with van der Waals surface area (Å²) in [6.07, 6.45) is 0.931. The normalized spacial score (nSPS) is 17.6. The molecule has 2 heterocycles. The lowest BCUT2D eigenvalue weighted by Gasteiger charge is -2.22. The van der Waals surface area contributed by atoms with Crippen molar-refractivity contribution >= 4 is 35.6 Å². The highest BCUT2D eigenvalue weighted by Gasteiger charge is 2.35. The number of nitrogens with two attached hydrogens (primary N) is 1. The van der Waals surface area contributed by atoms with Gasteiger partial charge >= 0.3 is 0 Å². The molecule has 1 atom stereocenters. The van der Waals surface area contributed by atoms with Crippen molar-refractivity contribution in [2.75, 3.05) is 36.9 Å². The number of benzene rings is 2. The van der Waals surface area contributed by atoms with Crippen LogP contribution in [0.2, 0.25) is 0 Å². The molecule has 154 valence electrons. The summed E-state index contributed by atoms with van der Waals surface area (Å²) in [7, 11) is 0. The van der Waals surface area contributed by atoms with Gasteiger partial charge in [0.1, 0.15) is 13.2 Å². The van der Waals surface area contributed by atoms with Crippen LogP contribution in [0, 0.1) is 5.92 Å². The smallest absolute Gasteiger partial charge is 0.227 e. The molecule has 0 saturated carbocycles. The van der Waals surface area contributed by atoms with E-state index in [2.05, 4.69) is 5.32 Å². The summed E-state index contributed by atoms with van der Waals surface area (Å²) in [6, 6.07) is 13.0. The topological polar surface area (TPSA) is 93.9 Å². The molecule has 0 aliphatic carbocycles. The zero-order chi connectivity index (χ0) is 19.5. The van der Waals surface area contributed by atoms with Gasteiger partial charge in [0.15, 0.2) is 11.5 Å². The minimum atomic E-state index is -0.355. The lowest BCUT2D eigenvalue weighted by Crippen LogP contribution is -2.34. The third kappa shape index (κ3) is 4.74.